The summed E-state index contributed by atoms with van der Waals surface area (Å²) in [6, 6.07) is 0. The molecule has 54 valence electrons. The maximum absolute atomic E-state index is 7.15. The first-order valence-corrected chi connectivity index (χ1v) is 4.24. The maximum atomic E-state index is 7.15. The molecule has 0 aliphatic carbocycles. The summed E-state index contributed by atoms with van der Waals surface area (Å²) in [6.07, 6.45) is 0. The normalized spacial score (nSPS) is 9.11. The van der Waals surface area contributed by atoms with Crippen molar-refractivity contribution in [3.63, 3.8) is 0 Å². The minimum absolute atomic E-state index is 0.393. The summed E-state index contributed by atoms with van der Waals surface area (Å²) >= 11 is 1.71. The van der Waals surface area contributed by atoms with Crippen molar-refractivity contribution in [3.8, 4) is 0 Å². The lowest BCUT2D eigenvalue weighted by atomic mass is 10.7. The van der Waals surface area contributed by atoms with Crippen LogP contribution in [0.1, 0.15) is 13.8 Å². The molecule has 0 aromatic rings. The monoisotopic (exact) mass is 147 g/mol. The zero-order chi connectivity index (χ0) is 7.11. The Morgan fingerprint density at radius 1 is 1.56 bits per heavy atom. The SMILES string of the molecule is CCOC(=N)CSCC. The molecule has 0 saturated carbocycles. The predicted molar refractivity (Wildman–Crippen MR) is 42.4 cm³/mol. The lowest BCUT2D eigenvalue weighted by molar-refractivity contribution is 0.322. The summed E-state index contributed by atoms with van der Waals surface area (Å²) in [7, 11) is 0. The molecule has 0 atom stereocenters. The Morgan fingerprint density at radius 2 is 2.22 bits per heavy atom. The van der Waals surface area contributed by atoms with E-state index in [1.165, 1.54) is 0 Å². The smallest absolute Gasteiger partial charge is 0.190 e. The molecule has 0 aliphatic heterocycles. The van der Waals surface area contributed by atoms with Gasteiger partial charge in [0.15, 0.2) is 5.90 Å². The van der Waals surface area contributed by atoms with E-state index >= 15 is 0 Å². The third-order valence-electron chi connectivity index (χ3n) is 0.756. The molecule has 2 nitrogen and oxygen atoms in total. The third kappa shape index (κ3) is 5.69. The molecular formula is C6H13NOS. The average molecular weight is 147 g/mol. The van der Waals surface area contributed by atoms with Crippen LogP contribution in [0, 0.1) is 5.41 Å². The molecule has 0 heterocycles. The van der Waals surface area contributed by atoms with Gasteiger partial charge in [-0.05, 0) is 12.7 Å². The van der Waals surface area contributed by atoms with Gasteiger partial charge in [-0.25, -0.2) is 0 Å². The fourth-order valence-electron chi connectivity index (χ4n) is 0.411. The summed E-state index contributed by atoms with van der Waals surface area (Å²) in [5.41, 5.74) is 0. The molecule has 9 heavy (non-hydrogen) atoms. The van der Waals surface area contributed by atoms with Gasteiger partial charge in [0.25, 0.3) is 0 Å². The van der Waals surface area contributed by atoms with Crippen LogP contribution in [0.3, 0.4) is 0 Å². The fraction of sp³-hybridized carbons (Fsp3) is 0.833. The summed E-state index contributed by atoms with van der Waals surface area (Å²) in [5.74, 6) is 2.16. The largest absolute Gasteiger partial charge is 0.481 e. The minimum atomic E-state index is 0.393. The van der Waals surface area contributed by atoms with Crippen molar-refractivity contribution in [2.45, 2.75) is 13.8 Å². The van der Waals surface area contributed by atoms with Gasteiger partial charge in [-0.1, -0.05) is 6.92 Å². The summed E-state index contributed by atoms with van der Waals surface area (Å²) < 4.78 is 4.91. The highest BCUT2D eigenvalue weighted by atomic mass is 32.2. The van der Waals surface area contributed by atoms with Crippen molar-refractivity contribution in [3.05, 3.63) is 0 Å². The van der Waals surface area contributed by atoms with E-state index in [0.29, 0.717) is 18.3 Å². The highest BCUT2D eigenvalue weighted by molar-refractivity contribution is 7.99. The lowest BCUT2D eigenvalue weighted by Gasteiger charge is -2.01. The number of nitrogens with one attached hydrogen (secondary N) is 1. The molecule has 0 amide bonds. The topological polar surface area (TPSA) is 33.1 Å². The van der Waals surface area contributed by atoms with Crippen molar-refractivity contribution in [2.75, 3.05) is 18.1 Å². The Bertz CT molecular complexity index is 85.1. The molecule has 0 aromatic carbocycles. The Labute approximate surface area is 60.5 Å². The van der Waals surface area contributed by atoms with E-state index in [-0.39, 0.29) is 0 Å². The van der Waals surface area contributed by atoms with Crippen molar-refractivity contribution in [1.29, 1.82) is 5.41 Å². The summed E-state index contributed by atoms with van der Waals surface area (Å²) in [4.78, 5) is 0. The molecule has 0 rings (SSSR count). The second-order valence-electron chi connectivity index (χ2n) is 1.49. The molecule has 3 heteroatoms. The van der Waals surface area contributed by atoms with E-state index in [1.807, 2.05) is 6.92 Å². The van der Waals surface area contributed by atoms with E-state index in [1.54, 1.807) is 11.8 Å². The van der Waals surface area contributed by atoms with E-state index < -0.39 is 0 Å². The van der Waals surface area contributed by atoms with E-state index in [2.05, 4.69) is 6.92 Å². The number of ether oxygens (including phenoxy) is 1. The van der Waals surface area contributed by atoms with Crippen LogP contribution in [0.2, 0.25) is 0 Å². The molecule has 0 aliphatic rings. The highest BCUT2D eigenvalue weighted by Gasteiger charge is 1.92. The quantitative estimate of drug-likeness (QED) is 0.485. The van der Waals surface area contributed by atoms with Gasteiger partial charge in [-0.2, -0.15) is 11.8 Å². The van der Waals surface area contributed by atoms with Crippen molar-refractivity contribution < 1.29 is 4.74 Å². The van der Waals surface area contributed by atoms with E-state index in [4.69, 9.17) is 10.1 Å². The molecule has 0 radical (unpaired) electrons. The van der Waals surface area contributed by atoms with Gasteiger partial charge in [-0.15, -0.1) is 0 Å². The average Bonchev–Trinajstić information content (AvgIpc) is 1.85. The van der Waals surface area contributed by atoms with E-state index in [9.17, 15) is 0 Å². The lowest BCUT2D eigenvalue weighted by Crippen LogP contribution is -2.05. The van der Waals surface area contributed by atoms with Gasteiger partial charge in [0.2, 0.25) is 0 Å². The van der Waals surface area contributed by atoms with Crippen LogP contribution in [-0.2, 0) is 4.74 Å². The van der Waals surface area contributed by atoms with Crippen LogP contribution < -0.4 is 0 Å². The van der Waals surface area contributed by atoms with Gasteiger partial charge >= 0.3 is 0 Å². The van der Waals surface area contributed by atoms with Crippen LogP contribution in [-0.4, -0.2) is 24.0 Å². The number of thioether (sulfide) groups is 1. The molecule has 0 bridgehead atoms. The van der Waals surface area contributed by atoms with Crippen molar-refractivity contribution >= 4 is 17.7 Å². The van der Waals surface area contributed by atoms with Crippen molar-refractivity contribution in [1.82, 2.24) is 0 Å². The molecular weight excluding hydrogens is 134 g/mol. The van der Waals surface area contributed by atoms with E-state index in [0.717, 1.165) is 5.75 Å². The third-order valence-corrected chi connectivity index (χ3v) is 1.63. The fourth-order valence-corrected chi connectivity index (χ4v) is 0.884. The molecule has 0 fully saturated rings. The second-order valence-corrected chi connectivity index (χ2v) is 2.77. The van der Waals surface area contributed by atoms with Crippen LogP contribution in [0.15, 0.2) is 0 Å². The zero-order valence-electron chi connectivity index (χ0n) is 5.94. The Morgan fingerprint density at radius 3 is 2.67 bits per heavy atom. The van der Waals surface area contributed by atoms with Crippen LogP contribution in [0.5, 0.6) is 0 Å². The van der Waals surface area contributed by atoms with Gasteiger partial charge in [0.1, 0.15) is 0 Å². The zero-order valence-corrected chi connectivity index (χ0v) is 6.75. The second kappa shape index (κ2) is 5.95. The maximum Gasteiger partial charge on any atom is 0.190 e. The predicted octanol–water partition coefficient (Wildman–Crippen LogP) is 1.75. The number of hydrogen-bond donors (Lipinski definition) is 1. The summed E-state index contributed by atoms with van der Waals surface area (Å²) in [5, 5.41) is 7.15. The first kappa shape index (κ1) is 8.82. The Hall–Kier alpha value is -0.180. The molecule has 0 spiro atoms. The van der Waals surface area contributed by atoms with Crippen LogP contribution in [0.4, 0.5) is 0 Å². The van der Waals surface area contributed by atoms with Crippen molar-refractivity contribution in [2.24, 2.45) is 0 Å². The minimum Gasteiger partial charge on any atom is -0.481 e. The molecule has 0 saturated heterocycles. The van der Waals surface area contributed by atoms with Gasteiger partial charge in [0, 0.05) is 0 Å². The molecule has 1 N–H and O–H groups in total. The first-order chi connectivity index (χ1) is 4.31. The summed E-state index contributed by atoms with van der Waals surface area (Å²) in [6.45, 7) is 4.58. The van der Waals surface area contributed by atoms with Crippen LogP contribution >= 0.6 is 11.8 Å². The number of hydrogen-bond acceptors (Lipinski definition) is 3. The molecule has 0 unspecified atom stereocenters. The molecule has 0 aromatic heterocycles. The van der Waals surface area contributed by atoms with Gasteiger partial charge in [0.05, 0.1) is 12.4 Å². The first-order valence-electron chi connectivity index (χ1n) is 3.09. The number of rotatable bonds is 4. The van der Waals surface area contributed by atoms with Gasteiger partial charge in [-0.3, -0.25) is 5.41 Å². The highest BCUT2D eigenvalue weighted by Crippen LogP contribution is 1.98. The standard InChI is InChI=1S/C6H13NOS/c1-3-8-6(7)5-9-4-2/h7H,3-5H2,1-2H3. The Balaban J connectivity index is 3.06. The Kier molecular flexibility index (Phi) is 5.83. The van der Waals surface area contributed by atoms with Crippen LogP contribution in [0.25, 0.3) is 0 Å². The van der Waals surface area contributed by atoms with Gasteiger partial charge < -0.3 is 4.74 Å².